The van der Waals surface area contributed by atoms with Gasteiger partial charge in [-0.05, 0) is 37.7 Å². The number of methoxy groups -OCH3 is 1. The van der Waals surface area contributed by atoms with Crippen molar-refractivity contribution in [3.63, 3.8) is 0 Å². The molecule has 0 aliphatic rings. The van der Waals surface area contributed by atoms with E-state index in [4.69, 9.17) is 4.74 Å². The van der Waals surface area contributed by atoms with Crippen molar-refractivity contribution in [2.45, 2.75) is 20.4 Å². The number of nitrogens with zero attached hydrogens (tertiary/aromatic N) is 2. The number of hydrogen-bond donors (Lipinski definition) is 0. The first kappa shape index (κ1) is 17.7. The summed E-state index contributed by atoms with van der Waals surface area (Å²) in [6, 6.07) is 7.69. The summed E-state index contributed by atoms with van der Waals surface area (Å²) in [5.74, 6) is 0.356. The molecular weight excluding hydrogens is 264 g/mol. The molecule has 1 aromatic carbocycles. The van der Waals surface area contributed by atoms with Crippen molar-refractivity contribution < 1.29 is 9.53 Å². The summed E-state index contributed by atoms with van der Waals surface area (Å²) in [6.45, 7) is 8.56. The van der Waals surface area contributed by atoms with E-state index in [0.29, 0.717) is 11.5 Å². The number of esters is 1. The third-order valence-corrected chi connectivity index (χ3v) is 3.27. The second-order valence-electron chi connectivity index (χ2n) is 6.12. The zero-order valence-corrected chi connectivity index (χ0v) is 13.9. The monoisotopic (exact) mass is 292 g/mol. The van der Waals surface area contributed by atoms with Crippen LogP contribution in [-0.2, 0) is 11.3 Å². The van der Waals surface area contributed by atoms with Crippen LogP contribution in [0.5, 0.6) is 0 Å². The van der Waals surface area contributed by atoms with Gasteiger partial charge >= 0.3 is 5.97 Å². The minimum absolute atomic E-state index is 0.284. The lowest BCUT2D eigenvalue weighted by molar-refractivity contribution is 0.0600. The van der Waals surface area contributed by atoms with E-state index in [2.05, 4.69) is 37.7 Å². The van der Waals surface area contributed by atoms with E-state index in [1.807, 2.05) is 24.3 Å². The summed E-state index contributed by atoms with van der Waals surface area (Å²) >= 11 is 0. The fraction of sp³-hybridized carbons (Fsp3) is 0.588. The molecule has 0 aromatic heterocycles. The predicted octanol–water partition coefficient (Wildman–Crippen LogP) is 2.49. The van der Waals surface area contributed by atoms with Crippen LogP contribution in [0.4, 0.5) is 0 Å². The number of hydrogen-bond acceptors (Lipinski definition) is 4. The highest BCUT2D eigenvalue weighted by Crippen LogP contribution is 2.10. The topological polar surface area (TPSA) is 32.8 Å². The normalized spacial score (nSPS) is 11.4. The molecule has 0 spiro atoms. The Hall–Kier alpha value is -1.39. The van der Waals surface area contributed by atoms with E-state index in [1.165, 1.54) is 12.7 Å². The maximum Gasteiger partial charge on any atom is 0.337 e. The fourth-order valence-corrected chi connectivity index (χ4v) is 2.22. The molecule has 0 unspecified atom stereocenters. The Labute approximate surface area is 128 Å². The fourth-order valence-electron chi connectivity index (χ4n) is 2.22. The Morgan fingerprint density at radius 2 is 1.76 bits per heavy atom. The molecule has 21 heavy (non-hydrogen) atoms. The lowest BCUT2D eigenvalue weighted by Crippen LogP contribution is -2.34. The van der Waals surface area contributed by atoms with E-state index in [9.17, 15) is 4.79 Å². The Morgan fingerprint density at radius 3 is 2.24 bits per heavy atom. The quantitative estimate of drug-likeness (QED) is 0.689. The smallest absolute Gasteiger partial charge is 0.337 e. The van der Waals surface area contributed by atoms with Crippen LogP contribution in [0, 0.1) is 5.92 Å². The molecule has 0 saturated carbocycles. The minimum Gasteiger partial charge on any atom is -0.465 e. The van der Waals surface area contributed by atoms with Crippen molar-refractivity contribution in [3.8, 4) is 0 Å². The van der Waals surface area contributed by atoms with Gasteiger partial charge in [-0.25, -0.2) is 4.79 Å². The van der Waals surface area contributed by atoms with Crippen molar-refractivity contribution in [2.75, 3.05) is 40.8 Å². The molecule has 0 bridgehead atoms. The number of rotatable bonds is 8. The molecule has 0 fully saturated rings. The molecule has 0 amide bonds. The summed E-state index contributed by atoms with van der Waals surface area (Å²) in [4.78, 5) is 16.1. The lowest BCUT2D eigenvalue weighted by atomic mass is 10.1. The minimum atomic E-state index is -0.284. The van der Waals surface area contributed by atoms with Crippen molar-refractivity contribution in [2.24, 2.45) is 5.92 Å². The van der Waals surface area contributed by atoms with Gasteiger partial charge < -0.3 is 9.64 Å². The molecule has 4 nitrogen and oxygen atoms in total. The molecule has 1 rings (SSSR count). The number of likely N-dealkylation sites (N-methyl/N-ethyl adjacent to an activating group) is 1. The van der Waals surface area contributed by atoms with Crippen molar-refractivity contribution >= 4 is 5.97 Å². The first-order chi connectivity index (χ1) is 9.92. The standard InChI is InChI=1S/C17H28N2O2/c1-14(2)12-19(11-10-18(3)4)13-15-6-8-16(9-7-15)17(20)21-5/h6-9,14H,10-13H2,1-5H3. The number of carbonyl (C=O) groups excluding carboxylic acids is 1. The Kier molecular flexibility index (Phi) is 7.40. The number of benzene rings is 1. The van der Waals surface area contributed by atoms with Gasteiger partial charge in [0.2, 0.25) is 0 Å². The Bertz CT molecular complexity index is 427. The van der Waals surface area contributed by atoms with Crippen LogP contribution >= 0.6 is 0 Å². The van der Waals surface area contributed by atoms with Crippen LogP contribution in [0.1, 0.15) is 29.8 Å². The summed E-state index contributed by atoms with van der Waals surface area (Å²) in [7, 11) is 5.60. The first-order valence-electron chi connectivity index (χ1n) is 7.46. The van der Waals surface area contributed by atoms with Gasteiger partial charge in [-0.15, -0.1) is 0 Å². The highest BCUT2D eigenvalue weighted by molar-refractivity contribution is 5.89. The van der Waals surface area contributed by atoms with E-state index < -0.39 is 0 Å². The second kappa shape index (κ2) is 8.80. The number of ether oxygens (including phenoxy) is 1. The summed E-state index contributed by atoms with van der Waals surface area (Å²) < 4.78 is 4.72. The largest absolute Gasteiger partial charge is 0.465 e. The molecule has 0 atom stereocenters. The molecule has 0 heterocycles. The van der Waals surface area contributed by atoms with Crippen LogP contribution in [0.2, 0.25) is 0 Å². The van der Waals surface area contributed by atoms with Crippen LogP contribution < -0.4 is 0 Å². The van der Waals surface area contributed by atoms with Crippen molar-refractivity contribution in [3.05, 3.63) is 35.4 Å². The Balaban J connectivity index is 2.66. The van der Waals surface area contributed by atoms with Gasteiger partial charge in [0, 0.05) is 26.2 Å². The third kappa shape index (κ3) is 6.74. The zero-order valence-electron chi connectivity index (χ0n) is 13.9. The van der Waals surface area contributed by atoms with E-state index in [-0.39, 0.29) is 5.97 Å². The average molecular weight is 292 g/mol. The summed E-state index contributed by atoms with van der Waals surface area (Å²) in [5.41, 5.74) is 1.83. The number of carbonyl (C=O) groups is 1. The molecule has 0 saturated heterocycles. The molecular formula is C17H28N2O2. The van der Waals surface area contributed by atoms with Gasteiger partial charge in [-0.3, -0.25) is 4.90 Å². The van der Waals surface area contributed by atoms with Crippen LogP contribution in [0.25, 0.3) is 0 Å². The molecule has 0 N–H and O–H groups in total. The van der Waals surface area contributed by atoms with Crippen LogP contribution in [-0.4, -0.2) is 56.6 Å². The molecule has 1 aromatic rings. The first-order valence-corrected chi connectivity index (χ1v) is 7.46. The highest BCUT2D eigenvalue weighted by Gasteiger charge is 2.10. The molecule has 4 heteroatoms. The predicted molar refractivity (Wildman–Crippen MR) is 86.5 cm³/mol. The van der Waals surface area contributed by atoms with Gasteiger partial charge in [0.05, 0.1) is 12.7 Å². The molecule has 0 radical (unpaired) electrons. The third-order valence-electron chi connectivity index (χ3n) is 3.27. The lowest BCUT2D eigenvalue weighted by Gasteiger charge is -2.26. The van der Waals surface area contributed by atoms with Crippen LogP contribution in [0.3, 0.4) is 0 Å². The van der Waals surface area contributed by atoms with Crippen molar-refractivity contribution in [1.29, 1.82) is 0 Å². The van der Waals surface area contributed by atoms with E-state index in [1.54, 1.807) is 0 Å². The van der Waals surface area contributed by atoms with Gasteiger partial charge in [0.1, 0.15) is 0 Å². The highest BCUT2D eigenvalue weighted by atomic mass is 16.5. The average Bonchev–Trinajstić information content (AvgIpc) is 2.44. The van der Waals surface area contributed by atoms with Gasteiger partial charge in [-0.1, -0.05) is 26.0 Å². The Morgan fingerprint density at radius 1 is 1.14 bits per heavy atom. The maximum absolute atomic E-state index is 11.4. The van der Waals surface area contributed by atoms with Crippen LogP contribution in [0.15, 0.2) is 24.3 Å². The summed E-state index contributed by atoms with van der Waals surface area (Å²) in [6.07, 6.45) is 0. The van der Waals surface area contributed by atoms with Gasteiger partial charge in [0.25, 0.3) is 0 Å². The second-order valence-corrected chi connectivity index (χ2v) is 6.12. The zero-order chi connectivity index (χ0) is 15.8. The maximum atomic E-state index is 11.4. The van der Waals surface area contributed by atoms with Gasteiger partial charge in [-0.2, -0.15) is 0 Å². The van der Waals surface area contributed by atoms with E-state index in [0.717, 1.165) is 26.2 Å². The van der Waals surface area contributed by atoms with E-state index >= 15 is 0 Å². The molecule has 0 aliphatic heterocycles. The molecule has 118 valence electrons. The SMILES string of the molecule is COC(=O)c1ccc(CN(CCN(C)C)CC(C)C)cc1. The van der Waals surface area contributed by atoms with Crippen molar-refractivity contribution in [1.82, 2.24) is 9.80 Å². The molecule has 0 aliphatic carbocycles. The van der Waals surface area contributed by atoms with Gasteiger partial charge in [0.15, 0.2) is 0 Å². The summed E-state index contributed by atoms with van der Waals surface area (Å²) in [5, 5.41) is 0.